The van der Waals surface area contributed by atoms with Crippen molar-refractivity contribution in [3.05, 3.63) is 64.7 Å². The van der Waals surface area contributed by atoms with Crippen LogP contribution < -0.4 is 10.7 Å². The number of amides is 1. The van der Waals surface area contributed by atoms with Crippen LogP contribution in [0.3, 0.4) is 0 Å². The maximum absolute atomic E-state index is 11.8. The number of nitrogens with one attached hydrogen (secondary N) is 2. The van der Waals surface area contributed by atoms with Gasteiger partial charge in [0.1, 0.15) is 0 Å². The van der Waals surface area contributed by atoms with Crippen molar-refractivity contribution in [2.45, 2.75) is 13.8 Å². The zero-order valence-electron chi connectivity index (χ0n) is 12.6. The number of hydrogen-bond acceptors (Lipinski definition) is 3. The first-order valence-electron chi connectivity index (χ1n) is 6.94. The van der Waals surface area contributed by atoms with Crippen molar-refractivity contribution < 1.29 is 4.79 Å². The topological polar surface area (TPSA) is 53.5 Å². The quantitative estimate of drug-likeness (QED) is 0.654. The standard InChI is InChI=1S/C17H18ClN3O/c1-12-6-8-14(9-7-12)13(2)20-21-17(22)11-19-16-5-3-4-15(18)10-16/h3-10,19H,11H2,1-2H3,(H,21,22). The van der Waals surface area contributed by atoms with E-state index < -0.39 is 0 Å². The van der Waals surface area contributed by atoms with E-state index in [0.29, 0.717) is 5.02 Å². The molecular weight excluding hydrogens is 298 g/mol. The molecule has 0 spiro atoms. The molecule has 0 bridgehead atoms. The van der Waals surface area contributed by atoms with E-state index in [4.69, 9.17) is 11.6 Å². The summed E-state index contributed by atoms with van der Waals surface area (Å²) < 4.78 is 0. The number of hydrogen-bond donors (Lipinski definition) is 2. The summed E-state index contributed by atoms with van der Waals surface area (Å²) in [5.74, 6) is -0.216. The van der Waals surface area contributed by atoms with Gasteiger partial charge in [-0.05, 0) is 37.6 Å². The van der Waals surface area contributed by atoms with Gasteiger partial charge < -0.3 is 5.32 Å². The molecule has 0 unspecified atom stereocenters. The number of rotatable bonds is 5. The van der Waals surface area contributed by atoms with Crippen molar-refractivity contribution in [1.82, 2.24) is 5.43 Å². The van der Waals surface area contributed by atoms with Crippen LogP contribution in [0.1, 0.15) is 18.1 Å². The van der Waals surface area contributed by atoms with E-state index in [-0.39, 0.29) is 12.5 Å². The van der Waals surface area contributed by atoms with Gasteiger partial charge in [0.15, 0.2) is 0 Å². The molecule has 0 saturated heterocycles. The zero-order valence-corrected chi connectivity index (χ0v) is 13.3. The number of benzene rings is 2. The Labute approximate surface area is 135 Å². The van der Waals surface area contributed by atoms with Gasteiger partial charge in [0.05, 0.1) is 12.3 Å². The van der Waals surface area contributed by atoms with Crippen LogP contribution in [0.2, 0.25) is 5.02 Å². The second kappa shape index (κ2) is 7.61. The van der Waals surface area contributed by atoms with Crippen LogP contribution in [-0.4, -0.2) is 18.2 Å². The summed E-state index contributed by atoms with van der Waals surface area (Å²) in [7, 11) is 0. The number of aryl methyl sites for hydroxylation is 1. The second-order valence-electron chi connectivity index (χ2n) is 4.96. The number of hydrazone groups is 1. The third kappa shape index (κ3) is 4.90. The lowest BCUT2D eigenvalue weighted by Gasteiger charge is -2.06. The molecule has 5 heteroatoms. The van der Waals surface area contributed by atoms with Gasteiger partial charge in [-0.2, -0.15) is 5.10 Å². The molecule has 0 radical (unpaired) electrons. The first kappa shape index (κ1) is 16.0. The summed E-state index contributed by atoms with van der Waals surface area (Å²) >= 11 is 5.88. The number of halogens is 1. The summed E-state index contributed by atoms with van der Waals surface area (Å²) in [6, 6.07) is 15.2. The highest BCUT2D eigenvalue weighted by atomic mass is 35.5. The molecule has 0 aliphatic rings. The molecule has 2 rings (SSSR count). The fourth-order valence-corrected chi connectivity index (χ4v) is 2.02. The van der Waals surface area contributed by atoms with Gasteiger partial charge in [-0.15, -0.1) is 0 Å². The van der Waals surface area contributed by atoms with Gasteiger partial charge in [0.2, 0.25) is 0 Å². The third-order valence-electron chi connectivity index (χ3n) is 3.10. The molecule has 0 fully saturated rings. The van der Waals surface area contributed by atoms with E-state index in [1.54, 1.807) is 12.1 Å². The monoisotopic (exact) mass is 315 g/mol. The van der Waals surface area contributed by atoms with Crippen LogP contribution >= 0.6 is 11.6 Å². The van der Waals surface area contributed by atoms with E-state index >= 15 is 0 Å². The van der Waals surface area contributed by atoms with Crippen LogP contribution in [0.25, 0.3) is 0 Å². The Morgan fingerprint density at radius 2 is 1.91 bits per heavy atom. The van der Waals surface area contributed by atoms with Crippen molar-refractivity contribution in [3.63, 3.8) is 0 Å². The van der Waals surface area contributed by atoms with Crippen molar-refractivity contribution in [1.29, 1.82) is 0 Å². The Hall–Kier alpha value is -2.33. The van der Waals surface area contributed by atoms with E-state index in [9.17, 15) is 4.79 Å². The lowest BCUT2D eigenvalue weighted by atomic mass is 10.1. The molecule has 0 atom stereocenters. The molecule has 0 aliphatic heterocycles. The van der Waals surface area contributed by atoms with Crippen molar-refractivity contribution in [2.24, 2.45) is 5.10 Å². The fourth-order valence-electron chi connectivity index (χ4n) is 1.83. The highest BCUT2D eigenvalue weighted by molar-refractivity contribution is 6.30. The number of nitrogens with zero attached hydrogens (tertiary/aromatic N) is 1. The molecule has 0 saturated carbocycles. The van der Waals surface area contributed by atoms with Crippen LogP contribution in [0, 0.1) is 6.92 Å². The van der Waals surface area contributed by atoms with E-state index in [0.717, 1.165) is 17.0 Å². The summed E-state index contributed by atoms with van der Waals surface area (Å²) in [5, 5.41) is 7.72. The van der Waals surface area contributed by atoms with Gasteiger partial charge >= 0.3 is 0 Å². The summed E-state index contributed by atoms with van der Waals surface area (Å²) in [4.78, 5) is 11.8. The van der Waals surface area contributed by atoms with E-state index in [2.05, 4.69) is 15.8 Å². The highest BCUT2D eigenvalue weighted by Crippen LogP contribution is 2.14. The molecule has 2 N–H and O–H groups in total. The molecular formula is C17H18ClN3O. The number of carbonyl (C=O) groups excluding carboxylic acids is 1. The molecule has 22 heavy (non-hydrogen) atoms. The largest absolute Gasteiger partial charge is 0.376 e. The molecule has 2 aromatic carbocycles. The number of anilines is 1. The predicted molar refractivity (Wildman–Crippen MR) is 91.5 cm³/mol. The minimum absolute atomic E-state index is 0.130. The molecule has 0 heterocycles. The van der Waals surface area contributed by atoms with Crippen LogP contribution in [0.5, 0.6) is 0 Å². The lowest BCUT2D eigenvalue weighted by Crippen LogP contribution is -2.26. The van der Waals surface area contributed by atoms with Gasteiger partial charge in [0.25, 0.3) is 5.91 Å². The summed E-state index contributed by atoms with van der Waals surface area (Å²) in [5.41, 5.74) is 6.25. The van der Waals surface area contributed by atoms with Crippen LogP contribution in [-0.2, 0) is 4.79 Å². The van der Waals surface area contributed by atoms with E-state index in [1.807, 2.05) is 50.2 Å². The Kier molecular flexibility index (Phi) is 5.55. The first-order chi connectivity index (χ1) is 10.5. The molecule has 4 nitrogen and oxygen atoms in total. The van der Waals surface area contributed by atoms with Gasteiger partial charge in [-0.25, -0.2) is 5.43 Å². The molecule has 1 amide bonds. The normalized spacial score (nSPS) is 11.1. The molecule has 0 aliphatic carbocycles. The third-order valence-corrected chi connectivity index (χ3v) is 3.33. The van der Waals surface area contributed by atoms with Crippen molar-refractivity contribution in [3.8, 4) is 0 Å². The Balaban J connectivity index is 1.86. The Morgan fingerprint density at radius 1 is 1.18 bits per heavy atom. The smallest absolute Gasteiger partial charge is 0.259 e. The molecule has 0 aromatic heterocycles. The Bertz CT molecular complexity index is 681. The maximum Gasteiger partial charge on any atom is 0.259 e. The van der Waals surface area contributed by atoms with Crippen molar-refractivity contribution in [2.75, 3.05) is 11.9 Å². The minimum Gasteiger partial charge on any atom is -0.376 e. The van der Waals surface area contributed by atoms with Crippen LogP contribution in [0.4, 0.5) is 5.69 Å². The predicted octanol–water partition coefficient (Wildman–Crippen LogP) is 3.60. The van der Waals surface area contributed by atoms with Crippen LogP contribution in [0.15, 0.2) is 53.6 Å². The van der Waals surface area contributed by atoms with E-state index in [1.165, 1.54) is 5.56 Å². The molecule has 2 aromatic rings. The minimum atomic E-state index is -0.216. The second-order valence-corrected chi connectivity index (χ2v) is 5.40. The molecule has 114 valence electrons. The summed E-state index contributed by atoms with van der Waals surface area (Å²) in [6.07, 6.45) is 0. The van der Waals surface area contributed by atoms with Crippen molar-refractivity contribution >= 4 is 28.9 Å². The average Bonchev–Trinajstić information content (AvgIpc) is 2.51. The van der Waals surface area contributed by atoms with Gasteiger partial charge in [0, 0.05) is 10.7 Å². The Morgan fingerprint density at radius 3 is 2.59 bits per heavy atom. The van der Waals surface area contributed by atoms with Gasteiger partial charge in [-0.1, -0.05) is 47.5 Å². The number of carbonyl (C=O) groups is 1. The zero-order chi connectivity index (χ0) is 15.9. The first-order valence-corrected chi connectivity index (χ1v) is 7.32. The average molecular weight is 316 g/mol. The van der Waals surface area contributed by atoms with Gasteiger partial charge in [-0.3, -0.25) is 4.79 Å². The summed E-state index contributed by atoms with van der Waals surface area (Å²) in [6.45, 7) is 4.01. The SMILES string of the molecule is CC(=NNC(=O)CNc1cccc(Cl)c1)c1ccc(C)cc1. The maximum atomic E-state index is 11.8. The lowest BCUT2D eigenvalue weighted by molar-refractivity contribution is -0.119. The highest BCUT2D eigenvalue weighted by Gasteiger charge is 2.02. The fraction of sp³-hybridized carbons (Fsp3) is 0.176.